The van der Waals surface area contributed by atoms with Crippen LogP contribution in [0.2, 0.25) is 0 Å². The summed E-state index contributed by atoms with van der Waals surface area (Å²) in [5.41, 5.74) is 5.20. The Labute approximate surface area is 82.9 Å². The molecule has 0 aliphatic heterocycles. The summed E-state index contributed by atoms with van der Waals surface area (Å²) in [6.45, 7) is 0. The minimum absolute atomic E-state index is 0.663. The Morgan fingerprint density at radius 2 is 1.86 bits per heavy atom. The highest BCUT2D eigenvalue weighted by molar-refractivity contribution is 5.71. The second-order valence-corrected chi connectivity index (χ2v) is 3.36. The van der Waals surface area contributed by atoms with Gasteiger partial charge in [0.05, 0.1) is 0 Å². The summed E-state index contributed by atoms with van der Waals surface area (Å²) in [5, 5.41) is 10.5. The number of benzene rings is 1. The van der Waals surface area contributed by atoms with Gasteiger partial charge in [0.2, 0.25) is 0 Å². The lowest BCUT2D eigenvalue weighted by Crippen LogP contribution is -2.61. The molecule has 0 aliphatic rings. The third kappa shape index (κ3) is 2.23. The summed E-state index contributed by atoms with van der Waals surface area (Å²) >= 11 is 0. The first-order valence-corrected chi connectivity index (χ1v) is 4.33. The molecule has 0 amide bonds. The van der Waals surface area contributed by atoms with E-state index in [1.54, 1.807) is 12.1 Å². The number of hydrogen-bond donors (Lipinski definition) is 1. The molecule has 0 aromatic heterocycles. The van der Waals surface area contributed by atoms with Crippen LogP contribution in [0.1, 0.15) is 11.6 Å². The van der Waals surface area contributed by atoms with Gasteiger partial charge in [0.25, 0.3) is 0 Å². The molecule has 76 valence electrons. The zero-order chi connectivity index (χ0) is 10.7. The van der Waals surface area contributed by atoms with E-state index in [4.69, 9.17) is 0 Å². The minimum Gasteiger partial charge on any atom is -0.544 e. The van der Waals surface area contributed by atoms with Crippen molar-refractivity contribution in [2.24, 2.45) is 0 Å². The van der Waals surface area contributed by atoms with E-state index >= 15 is 0 Å². The number of carboxylic acid groups (broad SMARTS) is 1. The molecule has 0 heterocycles. The van der Waals surface area contributed by atoms with Crippen LogP contribution in [0.5, 0.6) is 0 Å². The third-order valence-electron chi connectivity index (χ3n) is 2.10. The molecule has 4 heteroatoms. The first-order valence-electron chi connectivity index (χ1n) is 4.33. The largest absolute Gasteiger partial charge is 0.544 e. The Morgan fingerprint density at radius 3 is 2.21 bits per heavy atom. The van der Waals surface area contributed by atoms with Crippen LogP contribution in [0, 0.1) is 0 Å². The summed E-state index contributed by atoms with van der Waals surface area (Å²) < 4.78 is 0. The number of quaternary nitrogens is 1. The van der Waals surface area contributed by atoms with Crippen molar-refractivity contribution in [2.45, 2.75) is 6.04 Å². The van der Waals surface area contributed by atoms with E-state index in [1.165, 1.54) is 0 Å². The Balaban J connectivity index is 2.88. The molecule has 3 N–H and O–H groups in total. The number of carbonyl (C=O) groups excluding carboxylic acids is 1. The zero-order valence-corrected chi connectivity index (χ0v) is 8.36. The van der Waals surface area contributed by atoms with Crippen LogP contribution in [0.3, 0.4) is 0 Å². The van der Waals surface area contributed by atoms with Crippen LogP contribution < -0.4 is 15.7 Å². The maximum Gasteiger partial charge on any atom is 0.150 e. The van der Waals surface area contributed by atoms with Gasteiger partial charge < -0.3 is 20.5 Å². The van der Waals surface area contributed by atoms with Crippen LogP contribution in [0.25, 0.3) is 0 Å². The standard InChI is InChI=1S/C10H14N2O2/c1-12(2)8-5-3-7(4-6-8)9(11)10(13)14/h3-6,9H,11H2,1-2H3,(H,13,14)/t9-/m1/s1. The molecule has 1 atom stereocenters. The number of hydrogen-bond acceptors (Lipinski definition) is 3. The van der Waals surface area contributed by atoms with Gasteiger partial charge in [0, 0.05) is 25.3 Å². The van der Waals surface area contributed by atoms with Gasteiger partial charge >= 0.3 is 0 Å². The molecular weight excluding hydrogens is 180 g/mol. The van der Waals surface area contributed by atoms with E-state index in [0.29, 0.717) is 5.56 Å². The highest BCUT2D eigenvalue weighted by Gasteiger charge is 2.09. The van der Waals surface area contributed by atoms with Crippen LogP contribution in [-0.2, 0) is 4.79 Å². The fourth-order valence-corrected chi connectivity index (χ4v) is 1.14. The first-order chi connectivity index (χ1) is 6.52. The number of carbonyl (C=O) groups is 1. The molecule has 0 saturated heterocycles. The minimum atomic E-state index is -1.15. The second-order valence-electron chi connectivity index (χ2n) is 3.36. The molecule has 0 aliphatic carbocycles. The van der Waals surface area contributed by atoms with Crippen molar-refractivity contribution >= 4 is 11.7 Å². The predicted molar refractivity (Wildman–Crippen MR) is 51.4 cm³/mol. The van der Waals surface area contributed by atoms with Crippen molar-refractivity contribution < 1.29 is 15.6 Å². The maximum atomic E-state index is 10.5. The zero-order valence-electron chi connectivity index (χ0n) is 8.36. The topological polar surface area (TPSA) is 71.0 Å². The lowest BCUT2D eigenvalue weighted by atomic mass is 10.1. The summed E-state index contributed by atoms with van der Waals surface area (Å²) in [6.07, 6.45) is 0. The van der Waals surface area contributed by atoms with E-state index < -0.39 is 12.0 Å². The molecule has 0 fully saturated rings. The highest BCUT2D eigenvalue weighted by Crippen LogP contribution is 2.15. The third-order valence-corrected chi connectivity index (χ3v) is 2.10. The van der Waals surface area contributed by atoms with Gasteiger partial charge in [-0.15, -0.1) is 0 Å². The van der Waals surface area contributed by atoms with Crippen molar-refractivity contribution in [3.63, 3.8) is 0 Å². The van der Waals surface area contributed by atoms with Gasteiger partial charge in [0.1, 0.15) is 5.97 Å². The Morgan fingerprint density at radius 1 is 1.36 bits per heavy atom. The smallest absolute Gasteiger partial charge is 0.150 e. The van der Waals surface area contributed by atoms with Crippen LogP contribution in [0.15, 0.2) is 24.3 Å². The first kappa shape index (κ1) is 10.5. The lowest BCUT2D eigenvalue weighted by Gasteiger charge is -2.14. The van der Waals surface area contributed by atoms with E-state index in [0.717, 1.165) is 5.69 Å². The van der Waals surface area contributed by atoms with Crippen molar-refractivity contribution in [2.75, 3.05) is 19.0 Å². The van der Waals surface area contributed by atoms with Crippen LogP contribution in [0.4, 0.5) is 5.69 Å². The summed E-state index contributed by atoms with van der Waals surface area (Å²) in [4.78, 5) is 12.5. The number of carboxylic acids is 1. The summed E-state index contributed by atoms with van der Waals surface area (Å²) in [7, 11) is 3.85. The molecule has 0 saturated carbocycles. The molecule has 4 nitrogen and oxygen atoms in total. The normalized spacial score (nSPS) is 12.2. The lowest BCUT2D eigenvalue weighted by molar-refractivity contribution is -0.443. The molecule has 0 spiro atoms. The molecule has 1 aromatic rings. The Hall–Kier alpha value is -1.55. The number of anilines is 1. The number of nitrogens with zero attached hydrogens (tertiary/aromatic N) is 1. The Kier molecular flexibility index (Phi) is 3.09. The van der Waals surface area contributed by atoms with Gasteiger partial charge in [-0.3, -0.25) is 0 Å². The average Bonchev–Trinajstić information content (AvgIpc) is 2.16. The van der Waals surface area contributed by atoms with E-state index in [9.17, 15) is 9.90 Å². The monoisotopic (exact) mass is 194 g/mol. The van der Waals surface area contributed by atoms with Gasteiger partial charge in [-0.2, -0.15) is 0 Å². The molecule has 0 unspecified atom stereocenters. The van der Waals surface area contributed by atoms with Crippen molar-refractivity contribution in [1.29, 1.82) is 0 Å². The van der Waals surface area contributed by atoms with Crippen molar-refractivity contribution in [1.82, 2.24) is 0 Å². The fraction of sp³-hybridized carbons (Fsp3) is 0.300. The molecule has 1 aromatic carbocycles. The number of rotatable bonds is 3. The van der Waals surface area contributed by atoms with Gasteiger partial charge in [-0.05, 0) is 12.1 Å². The summed E-state index contributed by atoms with van der Waals surface area (Å²) in [5.74, 6) is -1.15. The molecule has 1 rings (SSSR count). The van der Waals surface area contributed by atoms with Crippen LogP contribution in [-0.4, -0.2) is 20.1 Å². The quantitative estimate of drug-likeness (QED) is 0.656. The van der Waals surface area contributed by atoms with E-state index in [-0.39, 0.29) is 0 Å². The van der Waals surface area contributed by atoms with E-state index in [1.807, 2.05) is 31.1 Å². The number of aliphatic carboxylic acids is 1. The van der Waals surface area contributed by atoms with Crippen LogP contribution >= 0.6 is 0 Å². The average molecular weight is 194 g/mol. The highest BCUT2D eigenvalue weighted by atomic mass is 16.4. The molecule has 0 bridgehead atoms. The summed E-state index contributed by atoms with van der Waals surface area (Å²) in [6, 6.07) is 6.42. The molecule has 14 heavy (non-hydrogen) atoms. The van der Waals surface area contributed by atoms with Gasteiger partial charge in [0.15, 0.2) is 6.04 Å². The Bertz CT molecular complexity index is 319. The van der Waals surface area contributed by atoms with E-state index in [2.05, 4.69) is 5.73 Å². The molecule has 0 radical (unpaired) electrons. The molecular formula is C10H14N2O2. The van der Waals surface area contributed by atoms with Crippen molar-refractivity contribution in [3.8, 4) is 0 Å². The van der Waals surface area contributed by atoms with Gasteiger partial charge in [-0.25, -0.2) is 0 Å². The predicted octanol–water partition coefficient (Wildman–Crippen LogP) is -1.21. The van der Waals surface area contributed by atoms with Crippen molar-refractivity contribution in [3.05, 3.63) is 29.8 Å². The maximum absolute atomic E-state index is 10.5. The fourth-order valence-electron chi connectivity index (χ4n) is 1.14. The SMILES string of the molecule is CN(C)c1ccc([C@@H]([NH3+])C(=O)[O-])cc1. The van der Waals surface area contributed by atoms with Gasteiger partial charge in [-0.1, -0.05) is 12.1 Å². The second kappa shape index (κ2) is 4.11.